The molecule has 0 spiro atoms. The fourth-order valence-electron chi connectivity index (χ4n) is 3.03. The van der Waals surface area contributed by atoms with E-state index < -0.39 is 5.82 Å². The monoisotopic (exact) mass is 419 g/mol. The number of aryl methyl sites for hydroxylation is 1. The first-order valence-corrected chi connectivity index (χ1v) is 9.81. The van der Waals surface area contributed by atoms with Crippen LogP contribution in [0.1, 0.15) is 24.4 Å². The summed E-state index contributed by atoms with van der Waals surface area (Å²) in [4.78, 5) is 0. The summed E-state index contributed by atoms with van der Waals surface area (Å²) in [5.41, 5.74) is 2.56. The van der Waals surface area contributed by atoms with Gasteiger partial charge in [-0.25, -0.2) is 4.39 Å². The third kappa shape index (κ3) is 4.66. The molecule has 1 unspecified atom stereocenters. The number of anilines is 1. The number of halogens is 1. The van der Waals surface area contributed by atoms with Crippen LogP contribution in [-0.2, 0) is 0 Å². The van der Waals surface area contributed by atoms with E-state index >= 15 is 0 Å². The predicted molar refractivity (Wildman–Crippen MR) is 116 cm³/mol. The first-order chi connectivity index (χ1) is 15.0. The molecule has 158 valence electrons. The zero-order valence-electron chi connectivity index (χ0n) is 17.4. The molecule has 31 heavy (non-hydrogen) atoms. The van der Waals surface area contributed by atoms with Gasteiger partial charge in [-0.1, -0.05) is 29.8 Å². The number of ether oxygens (including phenoxy) is 2. The first kappa shape index (κ1) is 20.4. The third-order valence-electron chi connectivity index (χ3n) is 4.71. The van der Waals surface area contributed by atoms with Gasteiger partial charge in [0, 0.05) is 17.3 Å². The van der Waals surface area contributed by atoms with Gasteiger partial charge in [0.1, 0.15) is 6.04 Å². The minimum absolute atomic E-state index is 0.0992. The van der Waals surface area contributed by atoms with Crippen LogP contribution in [0, 0.1) is 12.7 Å². The zero-order valence-corrected chi connectivity index (χ0v) is 17.4. The normalized spacial score (nSPS) is 11.7. The Labute approximate surface area is 179 Å². The van der Waals surface area contributed by atoms with Crippen molar-refractivity contribution in [2.75, 3.05) is 12.4 Å². The maximum absolute atomic E-state index is 14.6. The van der Waals surface area contributed by atoms with E-state index in [0.717, 1.165) is 11.1 Å². The standard InChI is InChI=1S/C24H22FN3O3/c1-15-8-10-17(11-9-15)24-28-27-23(31-24)16(2)26-18-12-13-20(19(25)14-18)30-22-7-5-4-6-21(22)29-3/h4-14,16,26H,1-3H3. The summed E-state index contributed by atoms with van der Waals surface area (Å²) >= 11 is 0. The summed E-state index contributed by atoms with van der Waals surface area (Å²) in [6.45, 7) is 3.88. The van der Waals surface area contributed by atoms with Gasteiger partial charge in [-0.15, -0.1) is 10.2 Å². The van der Waals surface area contributed by atoms with Crippen LogP contribution in [-0.4, -0.2) is 17.3 Å². The van der Waals surface area contributed by atoms with Gasteiger partial charge in [-0.3, -0.25) is 0 Å². The van der Waals surface area contributed by atoms with Crippen LogP contribution in [0.15, 0.2) is 71.1 Å². The molecule has 0 saturated heterocycles. The lowest BCUT2D eigenvalue weighted by atomic mass is 10.1. The minimum atomic E-state index is -0.506. The number of hydrogen-bond donors (Lipinski definition) is 1. The second-order valence-corrected chi connectivity index (χ2v) is 7.08. The van der Waals surface area contributed by atoms with E-state index in [0.29, 0.717) is 29.0 Å². The average Bonchev–Trinajstić information content (AvgIpc) is 3.27. The summed E-state index contributed by atoms with van der Waals surface area (Å²) in [5, 5.41) is 11.4. The molecule has 0 saturated carbocycles. The molecule has 1 atom stereocenters. The quantitative estimate of drug-likeness (QED) is 0.387. The second-order valence-electron chi connectivity index (χ2n) is 7.08. The highest BCUT2D eigenvalue weighted by Gasteiger charge is 2.16. The molecule has 0 aliphatic heterocycles. The molecule has 6 nitrogen and oxygen atoms in total. The summed E-state index contributed by atoms with van der Waals surface area (Å²) in [7, 11) is 1.54. The summed E-state index contributed by atoms with van der Waals surface area (Å²) in [5.74, 6) is 1.41. The van der Waals surface area contributed by atoms with Gasteiger partial charge < -0.3 is 19.2 Å². The van der Waals surface area contributed by atoms with E-state index in [1.807, 2.05) is 44.2 Å². The van der Waals surface area contributed by atoms with Gasteiger partial charge in [0.05, 0.1) is 7.11 Å². The number of methoxy groups -OCH3 is 1. The van der Waals surface area contributed by atoms with E-state index in [-0.39, 0.29) is 11.8 Å². The van der Waals surface area contributed by atoms with Crippen LogP contribution in [0.4, 0.5) is 10.1 Å². The van der Waals surface area contributed by atoms with Gasteiger partial charge in [0.25, 0.3) is 0 Å². The van der Waals surface area contributed by atoms with Crippen molar-refractivity contribution in [2.24, 2.45) is 0 Å². The molecule has 0 amide bonds. The van der Waals surface area contributed by atoms with Crippen molar-refractivity contribution >= 4 is 5.69 Å². The number of rotatable bonds is 7. The molecule has 7 heteroatoms. The molecule has 0 fully saturated rings. The Balaban J connectivity index is 1.46. The average molecular weight is 419 g/mol. The van der Waals surface area contributed by atoms with Crippen LogP contribution < -0.4 is 14.8 Å². The van der Waals surface area contributed by atoms with Gasteiger partial charge >= 0.3 is 0 Å². The molecule has 0 aliphatic carbocycles. The molecule has 0 aliphatic rings. The Morgan fingerprint density at radius 3 is 2.39 bits per heavy atom. The van der Waals surface area contributed by atoms with Gasteiger partial charge in [0.15, 0.2) is 23.1 Å². The number of para-hydroxylation sites is 2. The lowest BCUT2D eigenvalue weighted by molar-refractivity contribution is 0.371. The number of nitrogens with one attached hydrogen (secondary N) is 1. The second kappa shape index (κ2) is 8.87. The van der Waals surface area contributed by atoms with Crippen LogP contribution in [0.25, 0.3) is 11.5 Å². The maximum atomic E-state index is 14.6. The predicted octanol–water partition coefficient (Wildman–Crippen LogP) is 6.16. The number of aromatic nitrogens is 2. The number of nitrogens with zero attached hydrogens (tertiary/aromatic N) is 2. The van der Waals surface area contributed by atoms with Crippen LogP contribution in [0.3, 0.4) is 0 Å². The number of hydrogen-bond acceptors (Lipinski definition) is 6. The Hall–Kier alpha value is -3.87. The fraction of sp³-hybridized carbons (Fsp3) is 0.167. The topological polar surface area (TPSA) is 69.4 Å². The zero-order chi connectivity index (χ0) is 21.8. The molecular formula is C24H22FN3O3. The van der Waals surface area contributed by atoms with Crippen molar-refractivity contribution in [3.05, 3.63) is 84.0 Å². The smallest absolute Gasteiger partial charge is 0.247 e. The first-order valence-electron chi connectivity index (χ1n) is 9.81. The van der Waals surface area contributed by atoms with Crippen LogP contribution in [0.2, 0.25) is 0 Å². The summed E-state index contributed by atoms with van der Waals surface area (Å²) < 4.78 is 31.3. The largest absolute Gasteiger partial charge is 0.493 e. The molecule has 0 bridgehead atoms. The maximum Gasteiger partial charge on any atom is 0.247 e. The lowest BCUT2D eigenvalue weighted by Gasteiger charge is -2.14. The van der Waals surface area contributed by atoms with E-state index in [1.54, 1.807) is 30.3 Å². The van der Waals surface area contributed by atoms with Crippen molar-refractivity contribution in [2.45, 2.75) is 19.9 Å². The highest BCUT2D eigenvalue weighted by molar-refractivity contribution is 5.53. The van der Waals surface area contributed by atoms with E-state index in [1.165, 1.54) is 13.2 Å². The van der Waals surface area contributed by atoms with E-state index in [4.69, 9.17) is 13.9 Å². The molecular weight excluding hydrogens is 397 g/mol. The fourth-order valence-corrected chi connectivity index (χ4v) is 3.03. The molecule has 4 rings (SSSR count). The van der Waals surface area contributed by atoms with E-state index in [2.05, 4.69) is 15.5 Å². The molecule has 1 heterocycles. The Kier molecular flexibility index (Phi) is 5.84. The van der Waals surface area contributed by atoms with Crippen LogP contribution >= 0.6 is 0 Å². The Bertz CT molecular complexity index is 1170. The highest BCUT2D eigenvalue weighted by atomic mass is 19.1. The summed E-state index contributed by atoms with van der Waals surface area (Å²) in [6.07, 6.45) is 0. The Morgan fingerprint density at radius 2 is 1.68 bits per heavy atom. The lowest BCUT2D eigenvalue weighted by Crippen LogP contribution is -2.07. The molecule has 1 N–H and O–H groups in total. The number of benzene rings is 3. The van der Waals surface area contributed by atoms with Crippen molar-refractivity contribution in [3.8, 4) is 28.7 Å². The molecule has 3 aromatic carbocycles. The highest BCUT2D eigenvalue weighted by Crippen LogP contribution is 2.33. The SMILES string of the molecule is COc1ccccc1Oc1ccc(NC(C)c2nnc(-c3ccc(C)cc3)o2)cc1F. The van der Waals surface area contributed by atoms with E-state index in [9.17, 15) is 4.39 Å². The van der Waals surface area contributed by atoms with Crippen molar-refractivity contribution in [1.82, 2.24) is 10.2 Å². The van der Waals surface area contributed by atoms with Gasteiger partial charge in [0.2, 0.25) is 11.8 Å². The van der Waals surface area contributed by atoms with Crippen molar-refractivity contribution in [1.29, 1.82) is 0 Å². The molecule has 0 radical (unpaired) electrons. The Morgan fingerprint density at radius 1 is 0.935 bits per heavy atom. The minimum Gasteiger partial charge on any atom is -0.493 e. The molecule has 4 aromatic rings. The van der Waals surface area contributed by atoms with Gasteiger partial charge in [-0.05, 0) is 50.2 Å². The van der Waals surface area contributed by atoms with Crippen molar-refractivity contribution < 1.29 is 18.3 Å². The van der Waals surface area contributed by atoms with Crippen molar-refractivity contribution in [3.63, 3.8) is 0 Å². The van der Waals surface area contributed by atoms with Crippen LogP contribution in [0.5, 0.6) is 17.2 Å². The summed E-state index contributed by atoms with van der Waals surface area (Å²) in [6, 6.07) is 19.2. The molecule has 1 aromatic heterocycles. The third-order valence-corrected chi connectivity index (χ3v) is 4.71. The van der Waals surface area contributed by atoms with Gasteiger partial charge in [-0.2, -0.15) is 0 Å².